The van der Waals surface area contributed by atoms with Gasteiger partial charge in [0.2, 0.25) is 5.91 Å². The summed E-state index contributed by atoms with van der Waals surface area (Å²) in [6.07, 6.45) is 1.16. The van der Waals surface area contributed by atoms with Gasteiger partial charge in [-0.25, -0.2) is 0 Å². The number of fused-ring (bicyclic) bond motifs is 1. The van der Waals surface area contributed by atoms with Gasteiger partial charge in [-0.05, 0) is 68.1 Å². The second-order valence-corrected chi connectivity index (χ2v) is 6.46. The Hall–Kier alpha value is -2.49. The zero-order valence-electron chi connectivity index (χ0n) is 15.2. The summed E-state index contributed by atoms with van der Waals surface area (Å²) in [5.74, 6) is 1.70. The fraction of sp³-hybridized carbons (Fsp3) is 0.381. The minimum Gasteiger partial charge on any atom is -0.486 e. The average Bonchev–Trinajstić information content (AvgIpc) is 2.59. The number of ether oxygens (including phenoxy) is 2. The largest absolute Gasteiger partial charge is 0.486 e. The highest BCUT2D eigenvalue weighted by Gasteiger charge is 2.16. The van der Waals surface area contributed by atoms with Gasteiger partial charge in [-0.3, -0.25) is 4.79 Å². The first-order chi connectivity index (χ1) is 12.1. The van der Waals surface area contributed by atoms with Gasteiger partial charge in [0.15, 0.2) is 11.5 Å². The van der Waals surface area contributed by atoms with Crippen LogP contribution < -0.4 is 14.4 Å². The van der Waals surface area contributed by atoms with Crippen molar-refractivity contribution in [2.45, 2.75) is 33.6 Å². The molecule has 4 heteroatoms. The SMILES string of the molecule is CCN(C(=O)CCc1ccc2c(c1)OCCO2)c1cc(C)cc(C)c1. The van der Waals surface area contributed by atoms with Gasteiger partial charge >= 0.3 is 0 Å². The fourth-order valence-corrected chi connectivity index (χ4v) is 3.24. The summed E-state index contributed by atoms with van der Waals surface area (Å²) in [6, 6.07) is 12.2. The van der Waals surface area contributed by atoms with Crippen molar-refractivity contribution in [3.8, 4) is 11.5 Å². The lowest BCUT2D eigenvalue weighted by Gasteiger charge is -2.22. The first kappa shape index (κ1) is 17.3. The molecule has 2 aromatic rings. The zero-order valence-corrected chi connectivity index (χ0v) is 15.2. The van der Waals surface area contributed by atoms with E-state index in [4.69, 9.17) is 9.47 Å². The van der Waals surface area contributed by atoms with Gasteiger partial charge < -0.3 is 14.4 Å². The molecule has 0 unspecified atom stereocenters. The molecule has 0 saturated heterocycles. The molecule has 4 nitrogen and oxygen atoms in total. The summed E-state index contributed by atoms with van der Waals surface area (Å²) >= 11 is 0. The second kappa shape index (κ2) is 7.60. The van der Waals surface area contributed by atoms with Crippen molar-refractivity contribution in [3.63, 3.8) is 0 Å². The van der Waals surface area contributed by atoms with E-state index in [1.807, 2.05) is 30.0 Å². The molecule has 1 aliphatic heterocycles. The van der Waals surface area contributed by atoms with Gasteiger partial charge in [-0.2, -0.15) is 0 Å². The summed E-state index contributed by atoms with van der Waals surface area (Å²) in [7, 11) is 0. The molecule has 0 bridgehead atoms. The average molecular weight is 339 g/mol. The number of benzene rings is 2. The molecule has 132 valence electrons. The van der Waals surface area contributed by atoms with Crippen LogP contribution in [0.1, 0.15) is 30.0 Å². The number of hydrogen-bond donors (Lipinski definition) is 0. The van der Waals surface area contributed by atoms with Gasteiger partial charge in [-0.1, -0.05) is 12.1 Å². The molecule has 0 fully saturated rings. The molecular formula is C21H25NO3. The molecule has 3 rings (SSSR count). The van der Waals surface area contributed by atoms with Crippen molar-refractivity contribution < 1.29 is 14.3 Å². The number of carbonyl (C=O) groups excluding carboxylic acids is 1. The number of amides is 1. The molecule has 2 aromatic carbocycles. The van der Waals surface area contributed by atoms with Crippen molar-refractivity contribution in [3.05, 3.63) is 53.1 Å². The smallest absolute Gasteiger partial charge is 0.227 e. The van der Waals surface area contributed by atoms with Crippen LogP contribution in [-0.4, -0.2) is 25.7 Å². The fourth-order valence-electron chi connectivity index (χ4n) is 3.24. The Bertz CT molecular complexity index is 749. The normalized spacial score (nSPS) is 12.8. The molecule has 1 amide bonds. The van der Waals surface area contributed by atoms with Gasteiger partial charge in [0, 0.05) is 18.7 Å². The highest BCUT2D eigenvalue weighted by molar-refractivity contribution is 5.93. The first-order valence-corrected chi connectivity index (χ1v) is 8.84. The Kier molecular flexibility index (Phi) is 5.27. The summed E-state index contributed by atoms with van der Waals surface area (Å²) in [5, 5.41) is 0. The van der Waals surface area contributed by atoms with E-state index >= 15 is 0 Å². The minimum absolute atomic E-state index is 0.141. The summed E-state index contributed by atoms with van der Waals surface area (Å²) in [5.41, 5.74) is 4.42. The number of nitrogens with zero attached hydrogens (tertiary/aromatic N) is 1. The topological polar surface area (TPSA) is 38.8 Å². The Morgan fingerprint density at radius 1 is 1.00 bits per heavy atom. The Labute approximate surface area is 149 Å². The van der Waals surface area contributed by atoms with Crippen molar-refractivity contribution in [2.24, 2.45) is 0 Å². The molecule has 0 aromatic heterocycles. The summed E-state index contributed by atoms with van der Waals surface area (Å²) in [6.45, 7) is 7.97. The lowest BCUT2D eigenvalue weighted by Crippen LogP contribution is -2.30. The van der Waals surface area contributed by atoms with E-state index in [0.29, 0.717) is 32.6 Å². The maximum atomic E-state index is 12.7. The van der Waals surface area contributed by atoms with Gasteiger partial charge in [0.25, 0.3) is 0 Å². The highest BCUT2D eigenvalue weighted by atomic mass is 16.6. The number of anilines is 1. The Morgan fingerprint density at radius 3 is 2.36 bits per heavy atom. The van der Waals surface area contributed by atoms with Crippen molar-refractivity contribution in [2.75, 3.05) is 24.7 Å². The van der Waals surface area contributed by atoms with Crippen LogP contribution in [0.4, 0.5) is 5.69 Å². The lowest BCUT2D eigenvalue weighted by atomic mass is 10.1. The van der Waals surface area contributed by atoms with Crippen LogP contribution >= 0.6 is 0 Å². The molecule has 0 spiro atoms. The highest BCUT2D eigenvalue weighted by Crippen LogP contribution is 2.31. The zero-order chi connectivity index (χ0) is 17.8. The van der Waals surface area contributed by atoms with Crippen molar-refractivity contribution in [1.82, 2.24) is 0 Å². The minimum atomic E-state index is 0.141. The standard InChI is InChI=1S/C21H25NO3/c1-4-22(18-12-15(2)11-16(3)13-18)21(23)8-6-17-5-7-19-20(14-17)25-10-9-24-19/h5,7,11-14H,4,6,8-10H2,1-3H3. The molecule has 0 N–H and O–H groups in total. The van der Waals surface area contributed by atoms with E-state index in [2.05, 4.69) is 32.0 Å². The monoisotopic (exact) mass is 339 g/mol. The summed E-state index contributed by atoms with van der Waals surface area (Å²) < 4.78 is 11.2. The third-order valence-electron chi connectivity index (χ3n) is 4.37. The maximum absolute atomic E-state index is 12.7. The van der Waals surface area contributed by atoms with E-state index < -0.39 is 0 Å². The molecule has 25 heavy (non-hydrogen) atoms. The van der Waals surface area contributed by atoms with Crippen LogP contribution in [0.15, 0.2) is 36.4 Å². The molecule has 0 radical (unpaired) electrons. The molecule has 1 aliphatic rings. The molecule has 1 heterocycles. The van der Waals surface area contributed by atoms with E-state index in [0.717, 1.165) is 22.7 Å². The van der Waals surface area contributed by atoms with Gasteiger partial charge in [0.1, 0.15) is 13.2 Å². The third-order valence-corrected chi connectivity index (χ3v) is 4.37. The van der Waals surface area contributed by atoms with Crippen LogP contribution in [-0.2, 0) is 11.2 Å². The Balaban J connectivity index is 1.68. The number of carbonyl (C=O) groups is 1. The lowest BCUT2D eigenvalue weighted by molar-refractivity contribution is -0.118. The van der Waals surface area contributed by atoms with Crippen molar-refractivity contribution in [1.29, 1.82) is 0 Å². The van der Waals surface area contributed by atoms with Crippen LogP contribution in [0.5, 0.6) is 11.5 Å². The Morgan fingerprint density at radius 2 is 1.68 bits per heavy atom. The first-order valence-electron chi connectivity index (χ1n) is 8.84. The van der Waals surface area contributed by atoms with Crippen LogP contribution in [0.25, 0.3) is 0 Å². The van der Waals surface area contributed by atoms with Crippen LogP contribution in [0.2, 0.25) is 0 Å². The van der Waals surface area contributed by atoms with E-state index in [1.54, 1.807) is 0 Å². The number of aryl methyl sites for hydroxylation is 3. The van der Waals surface area contributed by atoms with Gasteiger partial charge in [0.05, 0.1) is 0 Å². The molecular weight excluding hydrogens is 314 g/mol. The van der Waals surface area contributed by atoms with E-state index in [9.17, 15) is 4.79 Å². The molecule has 0 saturated carbocycles. The van der Waals surface area contributed by atoms with Crippen LogP contribution in [0, 0.1) is 13.8 Å². The van der Waals surface area contributed by atoms with Crippen LogP contribution in [0.3, 0.4) is 0 Å². The van der Waals surface area contributed by atoms with E-state index in [-0.39, 0.29) is 5.91 Å². The maximum Gasteiger partial charge on any atom is 0.227 e. The quantitative estimate of drug-likeness (QED) is 0.824. The summed E-state index contributed by atoms with van der Waals surface area (Å²) in [4.78, 5) is 14.6. The third kappa shape index (κ3) is 4.13. The molecule has 0 atom stereocenters. The predicted molar refractivity (Wildman–Crippen MR) is 99.7 cm³/mol. The number of rotatable bonds is 5. The van der Waals surface area contributed by atoms with Gasteiger partial charge in [-0.15, -0.1) is 0 Å². The number of hydrogen-bond acceptors (Lipinski definition) is 3. The van der Waals surface area contributed by atoms with Crippen molar-refractivity contribution >= 4 is 11.6 Å². The molecule has 0 aliphatic carbocycles. The predicted octanol–water partition coefficient (Wildman–Crippen LogP) is 4.06. The van der Waals surface area contributed by atoms with E-state index in [1.165, 1.54) is 11.1 Å². The second-order valence-electron chi connectivity index (χ2n) is 6.46.